The van der Waals surface area contributed by atoms with E-state index in [-0.39, 0.29) is 0 Å². The molecule has 0 bridgehead atoms. The molecule has 0 atom stereocenters. The highest BCUT2D eigenvalue weighted by molar-refractivity contribution is 6.32. The molecule has 78 valence electrons. The molecule has 0 aliphatic rings. The number of anilines is 1. The van der Waals surface area contributed by atoms with E-state index in [0.717, 1.165) is 12.1 Å². The molecule has 2 N–H and O–H groups in total. The number of H-pyrrole nitrogens is 1. The molecule has 0 saturated heterocycles. The Morgan fingerprint density at radius 3 is 3.07 bits per heavy atom. The van der Waals surface area contributed by atoms with Crippen LogP contribution < -0.4 is 5.32 Å². The quantitative estimate of drug-likeness (QED) is 0.807. The Balaban J connectivity index is 1.86. The van der Waals surface area contributed by atoms with Crippen LogP contribution in [-0.2, 0) is 6.42 Å². The van der Waals surface area contributed by atoms with Gasteiger partial charge in [0.25, 0.3) is 0 Å². The Morgan fingerprint density at radius 1 is 1.40 bits per heavy atom. The number of rotatable bonds is 4. The molecule has 0 radical (unpaired) electrons. The zero-order valence-corrected chi connectivity index (χ0v) is 8.57. The first-order chi connectivity index (χ1) is 7.36. The lowest BCUT2D eigenvalue weighted by Crippen LogP contribution is -2.07. The maximum atomic E-state index is 5.86. The van der Waals surface area contributed by atoms with Crippen LogP contribution in [0, 0.1) is 0 Å². The van der Waals surface area contributed by atoms with Gasteiger partial charge >= 0.3 is 0 Å². The van der Waals surface area contributed by atoms with Gasteiger partial charge in [-0.3, -0.25) is 0 Å². The maximum Gasteiger partial charge on any atom is 0.148 e. The molecule has 0 aliphatic carbocycles. The summed E-state index contributed by atoms with van der Waals surface area (Å²) in [5.74, 6) is 0.634. The van der Waals surface area contributed by atoms with Crippen molar-refractivity contribution < 1.29 is 0 Å². The number of hydrogen-bond acceptors (Lipinski definition) is 5. The van der Waals surface area contributed by atoms with E-state index in [9.17, 15) is 0 Å². The summed E-state index contributed by atoms with van der Waals surface area (Å²) in [7, 11) is 0. The van der Waals surface area contributed by atoms with Gasteiger partial charge in [0.15, 0.2) is 0 Å². The van der Waals surface area contributed by atoms with Gasteiger partial charge in [-0.05, 0) is 0 Å². The summed E-state index contributed by atoms with van der Waals surface area (Å²) in [6.45, 7) is 0.698. The van der Waals surface area contributed by atoms with Crippen LogP contribution in [0.3, 0.4) is 0 Å². The second-order valence-corrected chi connectivity index (χ2v) is 3.26. The van der Waals surface area contributed by atoms with Crippen molar-refractivity contribution in [2.24, 2.45) is 0 Å². The van der Waals surface area contributed by atoms with Crippen molar-refractivity contribution in [3.8, 4) is 0 Å². The molecule has 2 rings (SSSR count). The van der Waals surface area contributed by atoms with Crippen molar-refractivity contribution in [1.82, 2.24) is 25.4 Å². The van der Waals surface area contributed by atoms with E-state index in [1.807, 2.05) is 0 Å². The molecule has 2 aromatic heterocycles. The summed E-state index contributed by atoms with van der Waals surface area (Å²) in [6.07, 6.45) is 5.44. The van der Waals surface area contributed by atoms with E-state index in [1.54, 1.807) is 12.4 Å². The molecule has 0 unspecified atom stereocenters. The fraction of sp³-hybridized carbons (Fsp3) is 0.250. The lowest BCUT2D eigenvalue weighted by Gasteiger charge is -2.04. The highest BCUT2D eigenvalue weighted by Gasteiger charge is 2.00. The summed E-state index contributed by atoms with van der Waals surface area (Å²) in [5.41, 5.74) is 0.896. The average molecular weight is 225 g/mol. The van der Waals surface area contributed by atoms with Crippen LogP contribution >= 0.6 is 11.6 Å². The molecule has 2 heterocycles. The fourth-order valence-corrected chi connectivity index (χ4v) is 1.27. The van der Waals surface area contributed by atoms with E-state index in [0.29, 0.717) is 17.4 Å². The third kappa shape index (κ3) is 2.63. The van der Waals surface area contributed by atoms with Gasteiger partial charge in [-0.1, -0.05) is 11.6 Å². The fourth-order valence-electron chi connectivity index (χ4n) is 1.10. The normalized spacial score (nSPS) is 10.2. The first-order valence-corrected chi connectivity index (χ1v) is 4.78. The summed E-state index contributed by atoms with van der Waals surface area (Å²) >= 11 is 5.86. The monoisotopic (exact) mass is 224 g/mol. The average Bonchev–Trinajstić information content (AvgIpc) is 2.74. The zero-order valence-electron chi connectivity index (χ0n) is 7.81. The second-order valence-electron chi connectivity index (χ2n) is 2.86. The van der Waals surface area contributed by atoms with Crippen molar-refractivity contribution >= 4 is 17.4 Å². The minimum atomic E-state index is 0.512. The first kappa shape index (κ1) is 9.85. The van der Waals surface area contributed by atoms with Gasteiger partial charge in [-0.2, -0.15) is 15.4 Å². The smallest absolute Gasteiger partial charge is 0.148 e. The van der Waals surface area contributed by atoms with Crippen molar-refractivity contribution in [2.45, 2.75) is 6.42 Å². The number of aromatic nitrogens is 5. The van der Waals surface area contributed by atoms with Crippen LogP contribution in [0.25, 0.3) is 0 Å². The van der Waals surface area contributed by atoms with Gasteiger partial charge in [0, 0.05) is 13.0 Å². The van der Waals surface area contributed by atoms with Crippen LogP contribution in [0.1, 0.15) is 5.69 Å². The molecule has 6 nitrogen and oxygen atoms in total. The SMILES string of the molecule is Clc1cncnc1NCCc1cn[nH]n1. The van der Waals surface area contributed by atoms with Gasteiger partial charge < -0.3 is 5.32 Å². The van der Waals surface area contributed by atoms with Crippen LogP contribution in [0.5, 0.6) is 0 Å². The van der Waals surface area contributed by atoms with Crippen LogP contribution in [-0.4, -0.2) is 31.9 Å². The molecule has 0 aliphatic heterocycles. The van der Waals surface area contributed by atoms with Crippen molar-refractivity contribution in [3.05, 3.63) is 29.4 Å². The Morgan fingerprint density at radius 2 is 2.33 bits per heavy atom. The minimum Gasteiger partial charge on any atom is -0.368 e. The first-order valence-electron chi connectivity index (χ1n) is 4.40. The topological polar surface area (TPSA) is 79.4 Å². The number of aromatic amines is 1. The molecular weight excluding hydrogens is 216 g/mol. The molecule has 15 heavy (non-hydrogen) atoms. The molecule has 0 aromatic carbocycles. The maximum absolute atomic E-state index is 5.86. The van der Waals surface area contributed by atoms with Gasteiger partial charge in [0.2, 0.25) is 0 Å². The lowest BCUT2D eigenvalue weighted by molar-refractivity contribution is 0.889. The zero-order chi connectivity index (χ0) is 10.5. The predicted molar refractivity (Wildman–Crippen MR) is 55.6 cm³/mol. The summed E-state index contributed by atoms with van der Waals surface area (Å²) in [4.78, 5) is 7.79. The van der Waals surface area contributed by atoms with E-state index in [1.165, 1.54) is 6.33 Å². The molecule has 7 heteroatoms. The molecular formula is C8H9ClN6. The summed E-state index contributed by atoms with van der Waals surface area (Å²) < 4.78 is 0. The second kappa shape index (κ2) is 4.70. The molecule has 0 fully saturated rings. The highest BCUT2D eigenvalue weighted by atomic mass is 35.5. The van der Waals surface area contributed by atoms with Gasteiger partial charge in [0.05, 0.1) is 18.1 Å². The Hall–Kier alpha value is -1.69. The van der Waals surface area contributed by atoms with E-state index in [4.69, 9.17) is 11.6 Å². The lowest BCUT2D eigenvalue weighted by atomic mass is 10.3. The van der Waals surface area contributed by atoms with Crippen LogP contribution in [0.4, 0.5) is 5.82 Å². The van der Waals surface area contributed by atoms with E-state index < -0.39 is 0 Å². The Labute approximate surface area is 91.1 Å². The Kier molecular flexibility index (Phi) is 3.08. The summed E-state index contributed by atoms with van der Waals surface area (Å²) in [6, 6.07) is 0. The highest BCUT2D eigenvalue weighted by Crippen LogP contribution is 2.15. The summed E-state index contributed by atoms with van der Waals surface area (Å²) in [5, 5.41) is 13.8. The standard InChI is InChI=1S/C8H9ClN6/c9-7-4-10-5-12-8(7)11-2-1-6-3-13-15-14-6/h3-5H,1-2H2,(H,10,11,12)(H,13,14,15). The van der Waals surface area contributed by atoms with E-state index >= 15 is 0 Å². The van der Waals surface area contributed by atoms with Crippen molar-refractivity contribution in [2.75, 3.05) is 11.9 Å². The molecule has 0 saturated carbocycles. The third-order valence-corrected chi connectivity index (χ3v) is 2.08. The molecule has 0 amide bonds. The van der Waals surface area contributed by atoms with Crippen LogP contribution in [0.2, 0.25) is 5.02 Å². The van der Waals surface area contributed by atoms with E-state index in [2.05, 4.69) is 30.7 Å². The molecule has 0 spiro atoms. The minimum absolute atomic E-state index is 0.512. The predicted octanol–water partition coefficient (Wildman–Crippen LogP) is 0.903. The van der Waals surface area contributed by atoms with Crippen molar-refractivity contribution in [3.63, 3.8) is 0 Å². The number of halogens is 1. The molecule has 2 aromatic rings. The van der Waals surface area contributed by atoms with Crippen LogP contribution in [0.15, 0.2) is 18.7 Å². The number of hydrogen-bond donors (Lipinski definition) is 2. The largest absolute Gasteiger partial charge is 0.368 e. The number of nitrogens with one attached hydrogen (secondary N) is 2. The Bertz CT molecular complexity index is 415. The van der Waals surface area contributed by atoms with Gasteiger partial charge in [0.1, 0.15) is 17.2 Å². The van der Waals surface area contributed by atoms with Crippen molar-refractivity contribution in [1.29, 1.82) is 0 Å². The van der Waals surface area contributed by atoms with Gasteiger partial charge in [-0.15, -0.1) is 0 Å². The third-order valence-electron chi connectivity index (χ3n) is 1.81. The number of nitrogens with zero attached hydrogens (tertiary/aromatic N) is 4. The van der Waals surface area contributed by atoms with Gasteiger partial charge in [-0.25, -0.2) is 9.97 Å².